The predicted molar refractivity (Wildman–Crippen MR) is 146 cm³/mol. The number of hydrogen-bond acceptors (Lipinski definition) is 6. The summed E-state index contributed by atoms with van der Waals surface area (Å²) >= 11 is 0. The second-order valence-electron chi connectivity index (χ2n) is 11.1. The summed E-state index contributed by atoms with van der Waals surface area (Å²) in [6.07, 6.45) is 4.38. The van der Waals surface area contributed by atoms with Crippen LogP contribution in [0.4, 0.5) is 4.79 Å². The van der Waals surface area contributed by atoms with Gasteiger partial charge in [-0.1, -0.05) is 43.7 Å². The molecule has 38 heavy (non-hydrogen) atoms. The van der Waals surface area contributed by atoms with Crippen LogP contribution >= 0.6 is 0 Å². The molecule has 1 heterocycles. The maximum Gasteiger partial charge on any atom is 0.408 e. The number of carboxylic acid groups (broad SMARTS) is 1. The molecule has 1 saturated heterocycles. The number of hydrogen-bond donors (Lipinski definition) is 3. The first-order chi connectivity index (χ1) is 18.0. The maximum absolute atomic E-state index is 13.3. The molecule has 0 unspecified atom stereocenters. The largest absolute Gasteiger partial charge is 0.465 e. The molecule has 2 amide bonds. The van der Waals surface area contributed by atoms with Gasteiger partial charge in [0.15, 0.2) is 0 Å². The molecule has 5 N–H and O–H groups in total. The molecule has 3 atom stereocenters. The van der Waals surface area contributed by atoms with Crippen LogP contribution in [-0.4, -0.2) is 69.3 Å². The number of nitrogens with zero attached hydrogens (tertiary/aromatic N) is 2. The van der Waals surface area contributed by atoms with E-state index >= 15 is 0 Å². The standard InChI is InChI=1S/C29H46N4O5/c1-4-18-32(19-5-2)24(34)11-7-12-25(35)38-27(16-13-23-10-6-9-22(3)21-23)14-8-15-29(31)28(27,30)17-20-33(29)26(36)37/h6,9-10,21H,4-5,7-8,11-20,30-31H2,1-3H3,(H,36,37)/t27-,28+,29+/m0/s1. The van der Waals surface area contributed by atoms with Crippen molar-refractivity contribution in [3.8, 4) is 0 Å². The number of ether oxygens (including phenoxy) is 1. The van der Waals surface area contributed by atoms with Crippen LogP contribution in [0.3, 0.4) is 0 Å². The molecule has 0 aromatic heterocycles. The predicted octanol–water partition coefficient (Wildman–Crippen LogP) is 3.95. The highest BCUT2D eigenvalue weighted by atomic mass is 16.6. The van der Waals surface area contributed by atoms with Crippen molar-refractivity contribution in [2.45, 2.75) is 108 Å². The molecule has 1 aliphatic carbocycles. The van der Waals surface area contributed by atoms with E-state index in [1.807, 2.05) is 43.9 Å². The number of benzene rings is 1. The molecule has 9 heteroatoms. The number of nitrogens with two attached hydrogens (primary N) is 2. The number of fused-ring (bicyclic) bond motifs is 1. The van der Waals surface area contributed by atoms with Gasteiger partial charge in [-0.25, -0.2) is 4.79 Å². The van der Waals surface area contributed by atoms with Crippen LogP contribution in [0, 0.1) is 6.92 Å². The van der Waals surface area contributed by atoms with Crippen LogP contribution in [-0.2, 0) is 20.7 Å². The second kappa shape index (κ2) is 12.5. The van der Waals surface area contributed by atoms with Crippen molar-refractivity contribution in [3.63, 3.8) is 0 Å². The van der Waals surface area contributed by atoms with Gasteiger partial charge in [-0.3, -0.25) is 14.5 Å². The van der Waals surface area contributed by atoms with Gasteiger partial charge in [0.25, 0.3) is 0 Å². The number of esters is 1. The molecule has 1 aliphatic heterocycles. The second-order valence-corrected chi connectivity index (χ2v) is 11.1. The summed E-state index contributed by atoms with van der Waals surface area (Å²) in [5, 5.41) is 9.86. The lowest BCUT2D eigenvalue weighted by Crippen LogP contribution is -2.80. The first-order valence-corrected chi connectivity index (χ1v) is 14.2. The van der Waals surface area contributed by atoms with Crippen molar-refractivity contribution in [2.24, 2.45) is 11.5 Å². The van der Waals surface area contributed by atoms with Crippen LogP contribution in [0.1, 0.15) is 89.2 Å². The molecule has 2 aliphatic rings. The third-order valence-corrected chi connectivity index (χ3v) is 8.49. The van der Waals surface area contributed by atoms with Gasteiger partial charge in [0.2, 0.25) is 5.91 Å². The Labute approximate surface area is 226 Å². The van der Waals surface area contributed by atoms with Crippen LogP contribution in [0.2, 0.25) is 0 Å². The minimum atomic E-state index is -1.32. The zero-order chi connectivity index (χ0) is 28.0. The van der Waals surface area contributed by atoms with Gasteiger partial charge in [-0.05, 0) is 70.3 Å². The van der Waals surface area contributed by atoms with E-state index in [9.17, 15) is 19.5 Å². The summed E-state index contributed by atoms with van der Waals surface area (Å²) in [6.45, 7) is 7.75. The number of aryl methyl sites for hydroxylation is 2. The van der Waals surface area contributed by atoms with Gasteiger partial charge >= 0.3 is 12.1 Å². The van der Waals surface area contributed by atoms with E-state index in [1.54, 1.807) is 0 Å². The fourth-order valence-electron chi connectivity index (χ4n) is 6.53. The SMILES string of the molecule is CCCN(CCC)C(=O)CCCC(=O)O[C@]1(CCc2cccc(C)c2)CCC[C@@]2(N)N(C(=O)O)CC[C@@]12N. The van der Waals surface area contributed by atoms with Crippen molar-refractivity contribution in [1.82, 2.24) is 9.80 Å². The average molecular weight is 531 g/mol. The molecule has 0 bridgehead atoms. The molecule has 9 nitrogen and oxygen atoms in total. The smallest absolute Gasteiger partial charge is 0.408 e. The van der Waals surface area contributed by atoms with Crippen LogP contribution < -0.4 is 11.5 Å². The number of rotatable bonds is 12. The minimum Gasteiger partial charge on any atom is -0.465 e. The Morgan fingerprint density at radius 2 is 1.79 bits per heavy atom. The minimum absolute atomic E-state index is 0.0532. The first kappa shape index (κ1) is 29.9. The average Bonchev–Trinajstić information content (AvgIpc) is 3.15. The third kappa shape index (κ3) is 5.99. The van der Waals surface area contributed by atoms with E-state index in [2.05, 4.69) is 6.07 Å². The molecule has 0 radical (unpaired) electrons. The molecule has 0 spiro atoms. The molecular formula is C29H46N4O5. The van der Waals surface area contributed by atoms with Gasteiger partial charge in [0.1, 0.15) is 11.3 Å². The third-order valence-electron chi connectivity index (χ3n) is 8.49. The zero-order valence-corrected chi connectivity index (χ0v) is 23.3. The highest BCUT2D eigenvalue weighted by molar-refractivity contribution is 5.77. The fraction of sp³-hybridized carbons (Fsp3) is 0.690. The van der Waals surface area contributed by atoms with Crippen LogP contribution in [0.15, 0.2) is 24.3 Å². The Kier molecular flexibility index (Phi) is 9.81. The zero-order valence-electron chi connectivity index (χ0n) is 23.3. The van der Waals surface area contributed by atoms with Crippen molar-refractivity contribution in [2.75, 3.05) is 19.6 Å². The van der Waals surface area contributed by atoms with Crippen LogP contribution in [0.5, 0.6) is 0 Å². The van der Waals surface area contributed by atoms with E-state index < -0.39 is 28.9 Å². The topological polar surface area (TPSA) is 139 Å². The lowest BCUT2D eigenvalue weighted by atomic mass is 9.61. The number of carbonyl (C=O) groups excluding carboxylic acids is 2. The lowest BCUT2D eigenvalue weighted by Gasteiger charge is -2.57. The fourth-order valence-corrected chi connectivity index (χ4v) is 6.53. The van der Waals surface area contributed by atoms with Gasteiger partial charge in [-0.15, -0.1) is 0 Å². The summed E-state index contributed by atoms with van der Waals surface area (Å²) in [5.74, 6) is -0.361. The normalized spacial score (nSPS) is 26.6. The summed E-state index contributed by atoms with van der Waals surface area (Å²) in [4.78, 5) is 41.1. The van der Waals surface area contributed by atoms with Gasteiger partial charge in [0, 0.05) is 32.5 Å². The van der Waals surface area contributed by atoms with Crippen LogP contribution in [0.25, 0.3) is 0 Å². The van der Waals surface area contributed by atoms with E-state index in [-0.39, 0.29) is 25.3 Å². The molecule has 1 saturated carbocycles. The Morgan fingerprint density at radius 3 is 2.42 bits per heavy atom. The molecule has 2 fully saturated rings. The van der Waals surface area contributed by atoms with E-state index in [1.165, 1.54) is 4.90 Å². The summed E-state index contributed by atoms with van der Waals surface area (Å²) < 4.78 is 6.29. The highest BCUT2D eigenvalue weighted by Crippen LogP contribution is 2.52. The van der Waals surface area contributed by atoms with Gasteiger partial charge in [-0.2, -0.15) is 0 Å². The molecule has 212 valence electrons. The molecule has 1 aromatic rings. The monoisotopic (exact) mass is 530 g/mol. The quantitative estimate of drug-likeness (QED) is 0.348. The maximum atomic E-state index is 13.3. The summed E-state index contributed by atoms with van der Waals surface area (Å²) in [7, 11) is 0. The molecule has 1 aromatic carbocycles. The Hall–Kier alpha value is -2.65. The molecular weight excluding hydrogens is 484 g/mol. The summed E-state index contributed by atoms with van der Waals surface area (Å²) in [6, 6.07) is 8.15. The van der Waals surface area contributed by atoms with E-state index in [0.29, 0.717) is 58.0 Å². The lowest BCUT2D eigenvalue weighted by molar-refractivity contribution is -0.184. The summed E-state index contributed by atoms with van der Waals surface area (Å²) in [5.41, 5.74) is 12.5. The van der Waals surface area contributed by atoms with Gasteiger partial charge in [0.05, 0.1) is 5.54 Å². The Morgan fingerprint density at radius 1 is 1.08 bits per heavy atom. The first-order valence-electron chi connectivity index (χ1n) is 14.2. The number of likely N-dealkylation sites (tertiary alicyclic amines) is 1. The van der Waals surface area contributed by atoms with Crippen molar-refractivity contribution in [1.29, 1.82) is 0 Å². The Balaban J connectivity index is 1.79. The highest BCUT2D eigenvalue weighted by Gasteiger charge is 2.69. The number of carbonyl (C=O) groups is 3. The number of amides is 2. The van der Waals surface area contributed by atoms with Crippen molar-refractivity contribution >= 4 is 18.0 Å². The molecule has 3 rings (SSSR count). The van der Waals surface area contributed by atoms with Gasteiger partial charge < -0.3 is 26.2 Å². The Bertz CT molecular complexity index is 997. The van der Waals surface area contributed by atoms with Crippen molar-refractivity contribution in [3.05, 3.63) is 35.4 Å². The van der Waals surface area contributed by atoms with E-state index in [4.69, 9.17) is 16.2 Å². The van der Waals surface area contributed by atoms with E-state index in [0.717, 1.165) is 24.0 Å². The van der Waals surface area contributed by atoms with Crippen molar-refractivity contribution < 1.29 is 24.2 Å².